The topological polar surface area (TPSA) is 111 Å². The van der Waals surface area contributed by atoms with E-state index in [-0.39, 0.29) is 5.56 Å². The van der Waals surface area contributed by atoms with Gasteiger partial charge in [0.05, 0.1) is 27.3 Å². The van der Waals surface area contributed by atoms with E-state index >= 15 is 0 Å². The number of nitrogens with zero attached hydrogens (tertiary/aromatic N) is 2. The Morgan fingerprint density at radius 1 is 1.18 bits per heavy atom. The number of benzene rings is 2. The van der Waals surface area contributed by atoms with Crippen molar-refractivity contribution in [3.05, 3.63) is 75.0 Å². The van der Waals surface area contributed by atoms with Crippen molar-refractivity contribution in [2.24, 2.45) is 0 Å². The third-order valence-electron chi connectivity index (χ3n) is 4.90. The highest BCUT2D eigenvalue weighted by atomic mass is 19.4. The Hall–Kier alpha value is -4.02. The second-order valence-corrected chi connectivity index (χ2v) is 7.04. The summed E-state index contributed by atoms with van der Waals surface area (Å²) < 4.78 is 44.9. The first-order chi connectivity index (χ1) is 15.5. The minimum absolute atomic E-state index is 0.219. The molecule has 0 radical (unpaired) electrons. The highest BCUT2D eigenvalue weighted by Gasteiger charge is 2.35. The lowest BCUT2D eigenvalue weighted by Crippen LogP contribution is -2.23. The van der Waals surface area contributed by atoms with Crippen molar-refractivity contribution in [1.82, 2.24) is 4.98 Å². The fourth-order valence-corrected chi connectivity index (χ4v) is 3.34. The molecule has 1 amide bonds. The molecule has 0 aliphatic carbocycles. The first kappa shape index (κ1) is 23.6. The number of nitro benzene ring substituents is 1. The number of nitrogens with one attached hydrogen (secondary N) is 1. The summed E-state index contributed by atoms with van der Waals surface area (Å²) in [6.45, 7) is 2.71. The van der Waals surface area contributed by atoms with Gasteiger partial charge in [0.15, 0.2) is 6.61 Å². The van der Waals surface area contributed by atoms with Crippen molar-refractivity contribution < 1.29 is 32.4 Å². The molecule has 0 fully saturated rings. The van der Waals surface area contributed by atoms with Crippen molar-refractivity contribution in [3.63, 3.8) is 0 Å². The molecule has 33 heavy (non-hydrogen) atoms. The number of pyridine rings is 1. The fourth-order valence-electron chi connectivity index (χ4n) is 3.34. The third kappa shape index (κ3) is 5.08. The van der Waals surface area contributed by atoms with Crippen molar-refractivity contribution in [2.45, 2.75) is 26.4 Å². The van der Waals surface area contributed by atoms with Crippen LogP contribution >= 0.6 is 0 Å². The zero-order valence-electron chi connectivity index (χ0n) is 17.5. The molecule has 0 unspecified atom stereocenters. The molecular weight excluding hydrogens is 443 g/mol. The Morgan fingerprint density at radius 2 is 1.88 bits per heavy atom. The van der Waals surface area contributed by atoms with E-state index in [1.807, 2.05) is 12.2 Å². The molecule has 0 saturated carbocycles. The van der Waals surface area contributed by atoms with Crippen LogP contribution in [0.3, 0.4) is 0 Å². The predicted octanol–water partition coefficient (Wildman–Crippen LogP) is 4.83. The number of carbonyl (C=O) groups is 2. The van der Waals surface area contributed by atoms with Crippen LogP contribution in [0.4, 0.5) is 24.5 Å². The van der Waals surface area contributed by atoms with E-state index in [1.165, 1.54) is 0 Å². The van der Waals surface area contributed by atoms with Crippen LogP contribution in [0.2, 0.25) is 0 Å². The lowest BCUT2D eigenvalue weighted by Gasteiger charge is -2.15. The summed E-state index contributed by atoms with van der Waals surface area (Å²) >= 11 is 0. The van der Waals surface area contributed by atoms with Gasteiger partial charge in [-0.25, -0.2) is 4.79 Å². The van der Waals surface area contributed by atoms with E-state index in [2.05, 4.69) is 4.98 Å². The molecule has 8 nitrogen and oxygen atoms in total. The number of aryl methyl sites for hydroxylation is 1. The maximum atomic E-state index is 13.3. The number of rotatable bonds is 6. The maximum absolute atomic E-state index is 13.3. The maximum Gasteiger partial charge on any atom is 0.418 e. The van der Waals surface area contributed by atoms with Gasteiger partial charge in [-0.2, -0.15) is 13.2 Å². The smallest absolute Gasteiger partial charge is 0.418 e. The van der Waals surface area contributed by atoms with Gasteiger partial charge in [0, 0.05) is 23.2 Å². The number of hydrogen-bond donors (Lipinski definition) is 1. The molecule has 0 atom stereocenters. The molecule has 0 bridgehead atoms. The summed E-state index contributed by atoms with van der Waals surface area (Å²) in [6, 6.07) is 8.80. The van der Waals surface area contributed by atoms with E-state index in [0.717, 1.165) is 12.1 Å². The molecule has 3 aromatic rings. The van der Waals surface area contributed by atoms with Crippen LogP contribution in [0.1, 0.15) is 34.1 Å². The molecule has 11 heteroatoms. The molecule has 172 valence electrons. The largest absolute Gasteiger partial charge is 0.452 e. The first-order valence-corrected chi connectivity index (χ1v) is 9.73. The lowest BCUT2D eigenvalue weighted by atomic mass is 10.0. The van der Waals surface area contributed by atoms with Crippen molar-refractivity contribution >= 4 is 34.2 Å². The Labute approximate surface area is 185 Å². The number of aromatic nitrogens is 1. The molecule has 0 aliphatic heterocycles. The number of halogens is 3. The highest BCUT2D eigenvalue weighted by Crippen LogP contribution is 2.37. The monoisotopic (exact) mass is 461 g/mol. The normalized spacial score (nSPS) is 11.3. The lowest BCUT2D eigenvalue weighted by molar-refractivity contribution is -0.385. The standard InChI is InChI=1S/C22H18F3N3O5/c1-3-16-12(2)20(14-6-4-5-7-17(14)26-16)21(30)33-11-19(29)27-18-9-8-13(28(31)32)10-15(18)22(23,24)25/h4-10H,3,11H2,1-2H3,(H,27,29). The second-order valence-electron chi connectivity index (χ2n) is 7.04. The van der Waals surface area contributed by atoms with Gasteiger partial charge in [0.25, 0.3) is 11.6 Å². The molecule has 1 heterocycles. The molecule has 1 aromatic heterocycles. The van der Waals surface area contributed by atoms with Crippen LogP contribution in [0.5, 0.6) is 0 Å². The number of para-hydroxylation sites is 1. The quantitative estimate of drug-likeness (QED) is 0.320. The Balaban J connectivity index is 1.81. The number of amides is 1. The van der Waals surface area contributed by atoms with E-state index in [4.69, 9.17) is 4.74 Å². The Kier molecular flexibility index (Phi) is 6.61. The molecular formula is C22H18F3N3O5. The summed E-state index contributed by atoms with van der Waals surface area (Å²) in [5.74, 6) is -1.86. The number of fused-ring (bicyclic) bond motifs is 1. The molecule has 2 aromatic carbocycles. The summed E-state index contributed by atoms with van der Waals surface area (Å²) in [5.41, 5.74) is -0.817. The Bertz CT molecular complexity index is 1260. The number of ether oxygens (including phenoxy) is 1. The first-order valence-electron chi connectivity index (χ1n) is 9.73. The molecule has 0 spiro atoms. The zero-order valence-corrected chi connectivity index (χ0v) is 17.5. The van der Waals surface area contributed by atoms with E-state index in [1.54, 1.807) is 31.2 Å². The van der Waals surface area contributed by atoms with Gasteiger partial charge in [-0.1, -0.05) is 25.1 Å². The van der Waals surface area contributed by atoms with Crippen molar-refractivity contribution in [2.75, 3.05) is 11.9 Å². The third-order valence-corrected chi connectivity index (χ3v) is 4.90. The SMILES string of the molecule is CCc1nc2ccccc2c(C(=O)OCC(=O)Nc2ccc([N+](=O)[O-])cc2C(F)(F)F)c1C. The van der Waals surface area contributed by atoms with Gasteiger partial charge >= 0.3 is 12.1 Å². The second kappa shape index (κ2) is 9.23. The van der Waals surface area contributed by atoms with Gasteiger partial charge in [-0.05, 0) is 31.0 Å². The number of hydrogen-bond acceptors (Lipinski definition) is 6. The van der Waals surface area contributed by atoms with Crippen LogP contribution in [-0.2, 0) is 22.1 Å². The summed E-state index contributed by atoms with van der Waals surface area (Å²) in [6.07, 6.45) is -4.40. The number of alkyl halides is 3. The van der Waals surface area contributed by atoms with E-state index < -0.39 is 46.5 Å². The number of non-ortho nitro benzene ring substituents is 1. The Morgan fingerprint density at radius 3 is 2.52 bits per heavy atom. The molecule has 0 aliphatic rings. The average molecular weight is 461 g/mol. The number of nitro groups is 1. The van der Waals surface area contributed by atoms with Crippen LogP contribution in [0, 0.1) is 17.0 Å². The van der Waals surface area contributed by atoms with Gasteiger partial charge in [-0.15, -0.1) is 0 Å². The minimum atomic E-state index is -4.95. The van der Waals surface area contributed by atoms with E-state index in [9.17, 15) is 32.9 Å². The highest BCUT2D eigenvalue weighted by molar-refractivity contribution is 6.06. The van der Waals surface area contributed by atoms with Gasteiger partial charge < -0.3 is 10.1 Å². The van der Waals surface area contributed by atoms with E-state index in [0.29, 0.717) is 34.6 Å². The van der Waals surface area contributed by atoms with Crippen molar-refractivity contribution in [1.29, 1.82) is 0 Å². The van der Waals surface area contributed by atoms with Crippen LogP contribution in [0.15, 0.2) is 42.5 Å². The number of anilines is 1. The van der Waals surface area contributed by atoms with Gasteiger partial charge in [-0.3, -0.25) is 19.9 Å². The molecule has 1 N–H and O–H groups in total. The number of esters is 1. The number of carbonyl (C=O) groups excluding carboxylic acids is 2. The van der Waals surface area contributed by atoms with Gasteiger partial charge in [0.2, 0.25) is 0 Å². The molecule has 0 saturated heterocycles. The van der Waals surface area contributed by atoms with Crippen molar-refractivity contribution in [3.8, 4) is 0 Å². The summed E-state index contributed by atoms with van der Waals surface area (Å²) in [4.78, 5) is 39.3. The minimum Gasteiger partial charge on any atom is -0.452 e. The average Bonchev–Trinajstić information content (AvgIpc) is 2.76. The summed E-state index contributed by atoms with van der Waals surface area (Å²) in [5, 5.41) is 13.3. The van der Waals surface area contributed by atoms with Crippen LogP contribution in [0.25, 0.3) is 10.9 Å². The zero-order chi connectivity index (χ0) is 24.3. The van der Waals surface area contributed by atoms with Crippen LogP contribution in [-0.4, -0.2) is 28.4 Å². The predicted molar refractivity (Wildman–Crippen MR) is 113 cm³/mol. The fraction of sp³-hybridized carbons (Fsp3) is 0.227. The van der Waals surface area contributed by atoms with Gasteiger partial charge in [0.1, 0.15) is 0 Å². The summed E-state index contributed by atoms with van der Waals surface area (Å²) in [7, 11) is 0. The molecule has 3 rings (SSSR count). The van der Waals surface area contributed by atoms with Crippen LogP contribution < -0.4 is 5.32 Å².